The second-order valence-corrected chi connectivity index (χ2v) is 6.65. The molecule has 6 nitrogen and oxygen atoms in total. The molecule has 0 aliphatic carbocycles. The molecule has 134 valence electrons. The second kappa shape index (κ2) is 11.7. The zero-order chi connectivity index (χ0) is 16.4. The molecule has 7 heteroatoms. The number of aromatic nitrogens is 2. The number of aryl methyl sites for hydroxylation is 1. The number of halogens is 1. The molecule has 1 aromatic rings. The van der Waals surface area contributed by atoms with E-state index in [4.69, 9.17) is 4.99 Å². The third-order valence-electron chi connectivity index (χ3n) is 3.17. The fourth-order valence-electron chi connectivity index (χ4n) is 2.42. The van der Waals surface area contributed by atoms with Crippen LogP contribution in [0.1, 0.15) is 27.2 Å². The molecule has 0 aliphatic rings. The standard InChI is InChI=1S/C16H32N6.HI/c1-6-17-15(19-13-16(2,3)14-21(4)5)18-9-7-11-22-12-8-10-20-22;/h8,10,12H,6-7,9,11,13-14H2,1-5H3,(H2,17,18,19);1H. The molecule has 0 aromatic carbocycles. The Kier molecular flexibility index (Phi) is 11.2. The van der Waals surface area contributed by atoms with Crippen LogP contribution in [-0.4, -0.2) is 60.9 Å². The van der Waals surface area contributed by atoms with Gasteiger partial charge < -0.3 is 15.5 Å². The second-order valence-electron chi connectivity index (χ2n) is 6.65. The monoisotopic (exact) mass is 436 g/mol. The first-order valence-corrected chi connectivity index (χ1v) is 8.07. The molecule has 1 rings (SSSR count). The van der Waals surface area contributed by atoms with Crippen LogP contribution in [-0.2, 0) is 6.54 Å². The molecule has 0 spiro atoms. The molecule has 0 fully saturated rings. The van der Waals surface area contributed by atoms with E-state index < -0.39 is 0 Å². The molecule has 0 radical (unpaired) electrons. The van der Waals surface area contributed by atoms with E-state index in [2.05, 4.69) is 55.5 Å². The van der Waals surface area contributed by atoms with Crippen molar-refractivity contribution in [1.29, 1.82) is 0 Å². The summed E-state index contributed by atoms with van der Waals surface area (Å²) in [7, 11) is 4.20. The van der Waals surface area contributed by atoms with Gasteiger partial charge in [0.25, 0.3) is 0 Å². The van der Waals surface area contributed by atoms with Crippen LogP contribution in [0.2, 0.25) is 0 Å². The third kappa shape index (κ3) is 10.5. The molecule has 23 heavy (non-hydrogen) atoms. The lowest BCUT2D eigenvalue weighted by Crippen LogP contribution is -2.39. The van der Waals surface area contributed by atoms with Crippen LogP contribution >= 0.6 is 24.0 Å². The van der Waals surface area contributed by atoms with E-state index in [0.717, 1.165) is 45.1 Å². The Bertz CT molecular complexity index is 428. The van der Waals surface area contributed by atoms with E-state index in [1.807, 2.05) is 23.1 Å². The van der Waals surface area contributed by atoms with Gasteiger partial charge >= 0.3 is 0 Å². The lowest BCUT2D eigenvalue weighted by Gasteiger charge is -2.26. The zero-order valence-electron chi connectivity index (χ0n) is 15.2. The summed E-state index contributed by atoms with van der Waals surface area (Å²) in [4.78, 5) is 6.93. The Morgan fingerprint density at radius 1 is 1.30 bits per heavy atom. The highest BCUT2D eigenvalue weighted by molar-refractivity contribution is 14.0. The highest BCUT2D eigenvalue weighted by Gasteiger charge is 2.18. The lowest BCUT2D eigenvalue weighted by atomic mass is 9.93. The van der Waals surface area contributed by atoms with Gasteiger partial charge in [0.15, 0.2) is 5.96 Å². The Balaban J connectivity index is 0.00000484. The molecule has 0 amide bonds. The van der Waals surface area contributed by atoms with Gasteiger partial charge in [0, 0.05) is 45.1 Å². The minimum absolute atomic E-state index is 0. The van der Waals surface area contributed by atoms with Crippen molar-refractivity contribution in [3.63, 3.8) is 0 Å². The van der Waals surface area contributed by atoms with Gasteiger partial charge in [-0.2, -0.15) is 5.10 Å². The Morgan fingerprint density at radius 3 is 2.61 bits per heavy atom. The lowest BCUT2D eigenvalue weighted by molar-refractivity contribution is 0.248. The molecule has 0 aliphatic heterocycles. The van der Waals surface area contributed by atoms with Crippen LogP contribution in [0, 0.1) is 5.41 Å². The van der Waals surface area contributed by atoms with Crippen molar-refractivity contribution in [3.05, 3.63) is 18.5 Å². The Hall–Kier alpha value is -0.830. The molecule has 0 saturated heterocycles. The van der Waals surface area contributed by atoms with Crippen LogP contribution in [0.25, 0.3) is 0 Å². The number of nitrogens with zero attached hydrogens (tertiary/aromatic N) is 4. The van der Waals surface area contributed by atoms with Gasteiger partial charge in [-0.15, -0.1) is 24.0 Å². The summed E-state index contributed by atoms with van der Waals surface area (Å²) in [5, 5.41) is 10.9. The Morgan fingerprint density at radius 2 is 2.04 bits per heavy atom. The minimum Gasteiger partial charge on any atom is -0.357 e. The summed E-state index contributed by atoms with van der Waals surface area (Å²) in [5.74, 6) is 0.898. The van der Waals surface area contributed by atoms with Crippen LogP contribution in [0.3, 0.4) is 0 Å². The van der Waals surface area contributed by atoms with Crippen LogP contribution < -0.4 is 10.6 Å². The molecule has 1 aromatic heterocycles. The van der Waals surface area contributed by atoms with Gasteiger partial charge in [0.05, 0.1) is 0 Å². The minimum atomic E-state index is 0. The van der Waals surface area contributed by atoms with Gasteiger partial charge in [0.2, 0.25) is 0 Å². The van der Waals surface area contributed by atoms with Crippen molar-refractivity contribution in [3.8, 4) is 0 Å². The van der Waals surface area contributed by atoms with Crippen LogP contribution in [0.15, 0.2) is 23.5 Å². The molecular weight excluding hydrogens is 403 g/mol. The third-order valence-corrected chi connectivity index (χ3v) is 3.17. The molecule has 0 saturated carbocycles. The SMILES string of the molecule is CCNC(=NCC(C)(C)CN(C)C)NCCCn1cccn1.I. The van der Waals surface area contributed by atoms with Gasteiger partial charge in [-0.05, 0) is 38.9 Å². The van der Waals surface area contributed by atoms with Crippen LogP contribution in [0.5, 0.6) is 0 Å². The maximum Gasteiger partial charge on any atom is 0.191 e. The smallest absolute Gasteiger partial charge is 0.191 e. The summed E-state index contributed by atoms with van der Waals surface area (Å²) < 4.78 is 1.95. The summed E-state index contributed by atoms with van der Waals surface area (Å²) >= 11 is 0. The molecule has 1 heterocycles. The normalized spacial score (nSPS) is 12.2. The summed E-state index contributed by atoms with van der Waals surface area (Å²) in [5.41, 5.74) is 0.168. The predicted octanol–water partition coefficient (Wildman–Crippen LogP) is 2.03. The Labute approximate surface area is 158 Å². The van der Waals surface area contributed by atoms with E-state index >= 15 is 0 Å². The first-order valence-electron chi connectivity index (χ1n) is 8.07. The van der Waals surface area contributed by atoms with Crippen molar-refractivity contribution in [2.24, 2.45) is 10.4 Å². The van der Waals surface area contributed by atoms with Gasteiger partial charge in [-0.25, -0.2) is 0 Å². The quantitative estimate of drug-likeness (QED) is 0.269. The van der Waals surface area contributed by atoms with Crippen molar-refractivity contribution >= 4 is 29.9 Å². The van der Waals surface area contributed by atoms with E-state index in [9.17, 15) is 0 Å². The molecule has 2 N–H and O–H groups in total. The van der Waals surface area contributed by atoms with E-state index in [1.165, 1.54) is 0 Å². The van der Waals surface area contributed by atoms with Crippen molar-refractivity contribution < 1.29 is 0 Å². The molecule has 0 unspecified atom stereocenters. The molecule has 0 bridgehead atoms. The highest BCUT2D eigenvalue weighted by atomic mass is 127. The van der Waals surface area contributed by atoms with Gasteiger partial charge in [-0.1, -0.05) is 13.8 Å². The first-order chi connectivity index (χ1) is 10.4. The van der Waals surface area contributed by atoms with Gasteiger partial charge in [0.1, 0.15) is 0 Å². The first kappa shape index (κ1) is 22.2. The molecule has 0 atom stereocenters. The van der Waals surface area contributed by atoms with E-state index in [0.29, 0.717) is 0 Å². The van der Waals surface area contributed by atoms with Crippen LogP contribution in [0.4, 0.5) is 0 Å². The number of nitrogens with one attached hydrogen (secondary N) is 2. The fourth-order valence-corrected chi connectivity index (χ4v) is 2.42. The maximum atomic E-state index is 4.72. The largest absolute Gasteiger partial charge is 0.357 e. The van der Waals surface area contributed by atoms with E-state index in [1.54, 1.807) is 0 Å². The van der Waals surface area contributed by atoms with Crippen molar-refractivity contribution in [2.45, 2.75) is 33.7 Å². The summed E-state index contributed by atoms with van der Waals surface area (Å²) in [6, 6.07) is 1.95. The maximum absolute atomic E-state index is 4.72. The molecular formula is C16H33IN6. The van der Waals surface area contributed by atoms with Crippen molar-refractivity contribution in [1.82, 2.24) is 25.3 Å². The number of rotatable bonds is 9. The summed E-state index contributed by atoms with van der Waals surface area (Å²) in [6.45, 7) is 11.1. The van der Waals surface area contributed by atoms with Crippen molar-refractivity contribution in [2.75, 3.05) is 40.3 Å². The number of aliphatic imine (C=N–C) groups is 1. The fraction of sp³-hybridized carbons (Fsp3) is 0.750. The van der Waals surface area contributed by atoms with E-state index in [-0.39, 0.29) is 29.4 Å². The topological polar surface area (TPSA) is 57.5 Å². The zero-order valence-corrected chi connectivity index (χ0v) is 17.5. The number of guanidine groups is 1. The van der Waals surface area contributed by atoms with Gasteiger partial charge in [-0.3, -0.25) is 9.67 Å². The summed E-state index contributed by atoms with van der Waals surface area (Å²) in [6.07, 6.45) is 4.82. The number of hydrogen-bond acceptors (Lipinski definition) is 3. The average molecular weight is 436 g/mol. The average Bonchev–Trinajstić information content (AvgIpc) is 2.92. The number of hydrogen-bond donors (Lipinski definition) is 2. The predicted molar refractivity (Wildman–Crippen MR) is 109 cm³/mol. The highest BCUT2D eigenvalue weighted by Crippen LogP contribution is 2.15.